The van der Waals surface area contributed by atoms with Crippen LogP contribution in [0.1, 0.15) is 23.2 Å². The zero-order valence-corrected chi connectivity index (χ0v) is 12.6. The molecule has 1 fully saturated rings. The molecule has 1 unspecified atom stereocenters. The van der Waals surface area contributed by atoms with E-state index in [1.54, 1.807) is 7.11 Å². The van der Waals surface area contributed by atoms with Crippen LogP contribution in [0.5, 0.6) is 5.75 Å². The predicted octanol–water partition coefficient (Wildman–Crippen LogP) is 1.90. The monoisotopic (exact) mass is 276 g/mol. The minimum Gasteiger partial charge on any atom is -0.497 e. The maximum atomic E-state index is 12.3. The first kappa shape index (κ1) is 15.0. The Hall–Kier alpha value is -1.39. The fraction of sp³-hybridized carbons (Fsp3) is 0.562. The molecule has 0 aliphatic carbocycles. The van der Waals surface area contributed by atoms with Crippen LogP contribution in [-0.4, -0.2) is 62.5 Å². The Morgan fingerprint density at radius 3 is 2.65 bits per heavy atom. The van der Waals surface area contributed by atoms with Gasteiger partial charge in [0.15, 0.2) is 5.78 Å². The van der Waals surface area contributed by atoms with Crippen molar-refractivity contribution in [3.05, 3.63) is 29.8 Å². The van der Waals surface area contributed by atoms with Crippen LogP contribution in [0.2, 0.25) is 0 Å². The van der Waals surface area contributed by atoms with Gasteiger partial charge in [-0.3, -0.25) is 9.69 Å². The molecule has 0 amide bonds. The number of benzene rings is 1. The Balaban J connectivity index is 1.93. The number of carbonyl (C=O) groups excluding carboxylic acids is 1. The Bertz CT molecular complexity index is 442. The summed E-state index contributed by atoms with van der Waals surface area (Å²) in [5.74, 6) is 0.972. The van der Waals surface area contributed by atoms with E-state index in [4.69, 9.17) is 4.74 Å². The number of piperidine rings is 1. The summed E-state index contributed by atoms with van der Waals surface area (Å²) in [6.45, 7) is 2.51. The van der Waals surface area contributed by atoms with E-state index >= 15 is 0 Å². The fourth-order valence-corrected chi connectivity index (χ4v) is 2.67. The zero-order chi connectivity index (χ0) is 14.5. The topological polar surface area (TPSA) is 32.8 Å². The van der Waals surface area contributed by atoms with Crippen molar-refractivity contribution in [2.75, 3.05) is 40.8 Å². The SMILES string of the molecule is COc1ccc(C(=O)CN2CCCC(N(C)C)C2)cc1. The molecular weight excluding hydrogens is 252 g/mol. The van der Waals surface area contributed by atoms with Crippen LogP contribution < -0.4 is 4.74 Å². The lowest BCUT2D eigenvalue weighted by Crippen LogP contribution is -2.46. The molecule has 0 spiro atoms. The van der Waals surface area contributed by atoms with Gasteiger partial charge in [-0.25, -0.2) is 0 Å². The molecule has 0 aromatic heterocycles. The van der Waals surface area contributed by atoms with Gasteiger partial charge < -0.3 is 9.64 Å². The zero-order valence-electron chi connectivity index (χ0n) is 12.6. The van der Waals surface area contributed by atoms with E-state index in [2.05, 4.69) is 23.9 Å². The summed E-state index contributed by atoms with van der Waals surface area (Å²) in [4.78, 5) is 16.8. The predicted molar refractivity (Wildman–Crippen MR) is 80.5 cm³/mol. The van der Waals surface area contributed by atoms with E-state index in [0.717, 1.165) is 24.4 Å². The number of Topliss-reactive ketones (excluding diaryl/α,β-unsaturated/α-hetero) is 1. The summed E-state index contributed by atoms with van der Waals surface area (Å²) in [7, 11) is 5.85. The van der Waals surface area contributed by atoms with Crippen molar-refractivity contribution < 1.29 is 9.53 Å². The molecule has 1 atom stereocenters. The van der Waals surface area contributed by atoms with Crippen molar-refractivity contribution in [1.82, 2.24) is 9.80 Å². The summed E-state index contributed by atoms with van der Waals surface area (Å²) in [5.41, 5.74) is 0.762. The van der Waals surface area contributed by atoms with Crippen LogP contribution in [0.25, 0.3) is 0 Å². The maximum Gasteiger partial charge on any atom is 0.176 e. The first-order chi connectivity index (χ1) is 9.60. The number of ether oxygens (including phenoxy) is 1. The molecule has 0 saturated carbocycles. The van der Waals surface area contributed by atoms with Gasteiger partial charge in [0.1, 0.15) is 5.75 Å². The average Bonchev–Trinajstić information content (AvgIpc) is 2.47. The molecule has 1 aromatic rings. The van der Waals surface area contributed by atoms with Gasteiger partial charge in [0.05, 0.1) is 13.7 Å². The molecule has 1 aliphatic rings. The number of ketones is 1. The number of rotatable bonds is 5. The molecular formula is C16H24N2O2. The minimum absolute atomic E-state index is 0.187. The number of methoxy groups -OCH3 is 1. The quantitative estimate of drug-likeness (QED) is 0.769. The molecule has 1 heterocycles. The van der Waals surface area contributed by atoms with E-state index in [9.17, 15) is 4.79 Å². The first-order valence-electron chi connectivity index (χ1n) is 7.16. The highest BCUT2D eigenvalue weighted by Gasteiger charge is 2.23. The third-order valence-corrected chi connectivity index (χ3v) is 3.99. The molecule has 1 aliphatic heterocycles. The van der Waals surface area contributed by atoms with Crippen molar-refractivity contribution in [3.63, 3.8) is 0 Å². The van der Waals surface area contributed by atoms with E-state index in [-0.39, 0.29) is 5.78 Å². The highest BCUT2D eigenvalue weighted by molar-refractivity contribution is 5.97. The summed E-state index contributed by atoms with van der Waals surface area (Å²) in [6, 6.07) is 7.92. The second-order valence-electron chi connectivity index (χ2n) is 5.65. The number of likely N-dealkylation sites (N-methyl/N-ethyl adjacent to an activating group) is 1. The Labute approximate surface area is 121 Å². The molecule has 0 N–H and O–H groups in total. The summed E-state index contributed by atoms with van der Waals surface area (Å²) < 4.78 is 5.11. The van der Waals surface area contributed by atoms with Gasteiger partial charge in [-0.05, 0) is 57.7 Å². The normalized spacial score (nSPS) is 20.1. The van der Waals surface area contributed by atoms with E-state index in [1.807, 2.05) is 24.3 Å². The van der Waals surface area contributed by atoms with Crippen molar-refractivity contribution in [1.29, 1.82) is 0 Å². The third-order valence-electron chi connectivity index (χ3n) is 3.99. The second kappa shape index (κ2) is 6.86. The van der Waals surface area contributed by atoms with Crippen molar-refractivity contribution >= 4 is 5.78 Å². The molecule has 0 bridgehead atoms. The van der Waals surface area contributed by atoms with Gasteiger partial charge in [-0.1, -0.05) is 0 Å². The molecule has 4 nitrogen and oxygen atoms in total. The molecule has 4 heteroatoms. The molecule has 2 rings (SSSR count). The second-order valence-corrected chi connectivity index (χ2v) is 5.65. The Morgan fingerprint density at radius 1 is 1.35 bits per heavy atom. The Morgan fingerprint density at radius 2 is 2.05 bits per heavy atom. The van der Waals surface area contributed by atoms with Gasteiger partial charge in [-0.2, -0.15) is 0 Å². The third kappa shape index (κ3) is 3.81. The highest BCUT2D eigenvalue weighted by Crippen LogP contribution is 2.16. The van der Waals surface area contributed by atoms with Gasteiger partial charge in [0.2, 0.25) is 0 Å². The van der Waals surface area contributed by atoms with E-state index in [0.29, 0.717) is 12.6 Å². The van der Waals surface area contributed by atoms with Gasteiger partial charge >= 0.3 is 0 Å². The standard InChI is InChI=1S/C16H24N2O2/c1-17(2)14-5-4-10-18(11-14)12-16(19)13-6-8-15(20-3)9-7-13/h6-9,14H,4-5,10-12H2,1-3H3. The largest absolute Gasteiger partial charge is 0.497 e. The summed E-state index contributed by atoms with van der Waals surface area (Å²) in [6.07, 6.45) is 2.39. The van der Waals surface area contributed by atoms with Crippen LogP contribution in [0.4, 0.5) is 0 Å². The number of nitrogens with zero attached hydrogens (tertiary/aromatic N) is 2. The lowest BCUT2D eigenvalue weighted by atomic mass is 10.0. The van der Waals surface area contributed by atoms with Gasteiger partial charge in [0.25, 0.3) is 0 Å². The van der Waals surface area contributed by atoms with Gasteiger partial charge in [-0.15, -0.1) is 0 Å². The van der Waals surface area contributed by atoms with E-state index in [1.165, 1.54) is 12.8 Å². The number of likely N-dealkylation sites (tertiary alicyclic amines) is 1. The molecule has 1 saturated heterocycles. The van der Waals surface area contributed by atoms with Crippen LogP contribution in [0, 0.1) is 0 Å². The highest BCUT2D eigenvalue weighted by atomic mass is 16.5. The van der Waals surface area contributed by atoms with Crippen LogP contribution in [0.3, 0.4) is 0 Å². The fourth-order valence-electron chi connectivity index (χ4n) is 2.67. The molecule has 110 valence electrons. The summed E-state index contributed by atoms with van der Waals surface area (Å²) in [5, 5.41) is 0. The lowest BCUT2D eigenvalue weighted by molar-refractivity contribution is 0.0852. The first-order valence-corrected chi connectivity index (χ1v) is 7.16. The van der Waals surface area contributed by atoms with Gasteiger partial charge in [0, 0.05) is 18.2 Å². The van der Waals surface area contributed by atoms with Crippen LogP contribution >= 0.6 is 0 Å². The molecule has 20 heavy (non-hydrogen) atoms. The Kier molecular flexibility index (Phi) is 5.15. The minimum atomic E-state index is 0.187. The van der Waals surface area contributed by atoms with Crippen LogP contribution in [0.15, 0.2) is 24.3 Å². The molecule has 0 radical (unpaired) electrons. The van der Waals surface area contributed by atoms with E-state index < -0.39 is 0 Å². The number of carbonyl (C=O) groups is 1. The molecule has 1 aromatic carbocycles. The smallest absolute Gasteiger partial charge is 0.176 e. The van der Waals surface area contributed by atoms with Crippen molar-refractivity contribution in [2.45, 2.75) is 18.9 Å². The number of hydrogen-bond donors (Lipinski definition) is 0. The maximum absolute atomic E-state index is 12.3. The average molecular weight is 276 g/mol. The lowest BCUT2D eigenvalue weighted by Gasteiger charge is -2.35. The van der Waals surface area contributed by atoms with Crippen molar-refractivity contribution in [2.24, 2.45) is 0 Å². The van der Waals surface area contributed by atoms with Crippen LogP contribution in [-0.2, 0) is 0 Å². The number of hydrogen-bond acceptors (Lipinski definition) is 4. The summed E-state index contributed by atoms with van der Waals surface area (Å²) >= 11 is 0. The van der Waals surface area contributed by atoms with Crippen molar-refractivity contribution in [3.8, 4) is 5.75 Å².